The van der Waals surface area contributed by atoms with Gasteiger partial charge in [-0.3, -0.25) is 14.4 Å². The summed E-state index contributed by atoms with van der Waals surface area (Å²) in [5, 5.41) is 5.57. The van der Waals surface area contributed by atoms with Crippen LogP contribution in [0.4, 0.5) is 0 Å². The van der Waals surface area contributed by atoms with Crippen LogP contribution in [0.15, 0.2) is 60.7 Å². The van der Waals surface area contributed by atoms with Crippen molar-refractivity contribution in [3.63, 3.8) is 0 Å². The Labute approximate surface area is 212 Å². The van der Waals surface area contributed by atoms with Crippen molar-refractivity contribution in [2.75, 3.05) is 13.7 Å². The van der Waals surface area contributed by atoms with Crippen molar-refractivity contribution in [3.05, 3.63) is 71.8 Å². The Morgan fingerprint density at radius 3 is 2.19 bits per heavy atom. The number of nitrogens with one attached hydrogen (secondary N) is 2. The fraction of sp³-hybridized carbons (Fsp3) is 0.429. The minimum atomic E-state index is -0.878. The third kappa shape index (κ3) is 7.41. The molecule has 2 aromatic rings. The number of hydrogen-bond donors (Lipinski definition) is 2. The van der Waals surface area contributed by atoms with Gasteiger partial charge in [-0.2, -0.15) is 0 Å². The van der Waals surface area contributed by atoms with Crippen LogP contribution in [0.3, 0.4) is 0 Å². The third-order valence-electron chi connectivity index (χ3n) is 6.27. The summed E-state index contributed by atoms with van der Waals surface area (Å²) in [5.41, 5.74) is 1.91. The van der Waals surface area contributed by atoms with Gasteiger partial charge in [-0.1, -0.05) is 74.5 Å². The standard InChI is InChI=1S/C28H35N3O5/c1-19(2)16-23(28(35)36-3)30-27(34)22(17-20-10-6-4-7-11-20)29-25(32)14-15-31-24(18-26(31)33)21-12-8-5-9-13-21/h4-13,19,22-24H,14-18H2,1-3H3,(H,29,32)(H,30,34)/t22-,23-,24?/m0/s1. The summed E-state index contributed by atoms with van der Waals surface area (Å²) in [7, 11) is 1.28. The van der Waals surface area contributed by atoms with Crippen molar-refractivity contribution in [1.29, 1.82) is 0 Å². The summed E-state index contributed by atoms with van der Waals surface area (Å²) in [6, 6.07) is 17.4. The van der Waals surface area contributed by atoms with E-state index in [4.69, 9.17) is 4.74 Å². The molecule has 2 N–H and O–H groups in total. The molecule has 0 bridgehead atoms. The van der Waals surface area contributed by atoms with E-state index >= 15 is 0 Å². The van der Waals surface area contributed by atoms with Crippen molar-refractivity contribution in [3.8, 4) is 0 Å². The lowest BCUT2D eigenvalue weighted by molar-refractivity contribution is -0.147. The Hall–Kier alpha value is -3.68. The Kier molecular flexibility index (Phi) is 9.61. The number of β-lactam (4-membered cyclic amide) rings is 1. The van der Waals surface area contributed by atoms with Crippen molar-refractivity contribution in [2.24, 2.45) is 5.92 Å². The zero-order chi connectivity index (χ0) is 26.1. The summed E-state index contributed by atoms with van der Waals surface area (Å²) in [6.45, 7) is 4.16. The number of ether oxygens (including phenoxy) is 1. The summed E-state index contributed by atoms with van der Waals surface area (Å²) in [4.78, 5) is 52.2. The molecule has 8 nitrogen and oxygen atoms in total. The maximum absolute atomic E-state index is 13.2. The first-order valence-corrected chi connectivity index (χ1v) is 12.3. The van der Waals surface area contributed by atoms with Gasteiger partial charge in [-0.15, -0.1) is 0 Å². The Morgan fingerprint density at radius 1 is 0.972 bits per heavy atom. The SMILES string of the molecule is COC(=O)[C@H](CC(C)C)NC(=O)[C@H](Cc1ccccc1)NC(=O)CCN1C(=O)CC1c1ccccc1. The summed E-state index contributed by atoms with van der Waals surface area (Å²) < 4.78 is 4.86. The molecule has 3 amide bonds. The second-order valence-electron chi connectivity index (χ2n) is 9.49. The zero-order valence-electron chi connectivity index (χ0n) is 21.1. The lowest BCUT2D eigenvalue weighted by atomic mass is 9.93. The first-order chi connectivity index (χ1) is 17.3. The second-order valence-corrected chi connectivity index (χ2v) is 9.49. The molecule has 36 heavy (non-hydrogen) atoms. The van der Waals surface area contributed by atoms with E-state index in [9.17, 15) is 19.2 Å². The Bertz CT molecular complexity index is 1040. The molecule has 1 saturated heterocycles. The molecule has 0 aliphatic carbocycles. The minimum Gasteiger partial charge on any atom is -0.467 e. The van der Waals surface area contributed by atoms with E-state index in [1.165, 1.54) is 7.11 Å². The van der Waals surface area contributed by atoms with E-state index in [0.29, 0.717) is 12.8 Å². The summed E-state index contributed by atoms with van der Waals surface area (Å²) in [6.07, 6.45) is 1.18. The first-order valence-electron chi connectivity index (χ1n) is 12.3. The Balaban J connectivity index is 1.65. The van der Waals surface area contributed by atoms with Gasteiger partial charge in [0.2, 0.25) is 17.7 Å². The van der Waals surface area contributed by atoms with Crippen molar-refractivity contribution in [1.82, 2.24) is 15.5 Å². The lowest BCUT2D eigenvalue weighted by Crippen LogP contribution is -2.53. The minimum absolute atomic E-state index is 0.00448. The molecule has 0 saturated carbocycles. The number of rotatable bonds is 12. The van der Waals surface area contributed by atoms with E-state index in [-0.39, 0.29) is 43.2 Å². The van der Waals surface area contributed by atoms with Crippen molar-refractivity contribution >= 4 is 23.7 Å². The molecule has 1 heterocycles. The molecule has 3 atom stereocenters. The number of hydrogen-bond acceptors (Lipinski definition) is 5. The molecule has 192 valence electrons. The molecule has 0 radical (unpaired) electrons. The number of likely N-dealkylation sites (tertiary alicyclic amines) is 1. The van der Waals surface area contributed by atoms with Gasteiger partial charge in [-0.05, 0) is 23.5 Å². The van der Waals surface area contributed by atoms with Crippen LogP contribution in [-0.4, -0.2) is 54.3 Å². The smallest absolute Gasteiger partial charge is 0.328 e. The highest BCUT2D eigenvalue weighted by atomic mass is 16.5. The van der Waals surface area contributed by atoms with Crippen LogP contribution in [0.5, 0.6) is 0 Å². The highest BCUT2D eigenvalue weighted by molar-refractivity contribution is 5.91. The van der Waals surface area contributed by atoms with Crippen molar-refractivity contribution < 1.29 is 23.9 Å². The molecule has 1 aliphatic heterocycles. The van der Waals surface area contributed by atoms with Gasteiger partial charge in [0.05, 0.1) is 19.6 Å². The van der Waals surface area contributed by atoms with Crippen LogP contribution in [0.25, 0.3) is 0 Å². The number of carbonyl (C=O) groups excluding carboxylic acids is 4. The van der Waals surface area contributed by atoms with Gasteiger partial charge in [-0.25, -0.2) is 4.79 Å². The monoisotopic (exact) mass is 493 g/mol. The molecular formula is C28H35N3O5. The number of benzene rings is 2. The normalized spacial score (nSPS) is 16.6. The predicted octanol–water partition coefficient (Wildman–Crippen LogP) is 2.78. The van der Waals surface area contributed by atoms with E-state index < -0.39 is 24.0 Å². The van der Waals surface area contributed by atoms with Gasteiger partial charge in [0, 0.05) is 19.4 Å². The Morgan fingerprint density at radius 2 is 1.61 bits per heavy atom. The molecule has 1 aliphatic rings. The van der Waals surface area contributed by atoms with Gasteiger partial charge in [0.15, 0.2) is 0 Å². The first kappa shape index (κ1) is 26.9. The molecule has 0 spiro atoms. The topological polar surface area (TPSA) is 105 Å². The highest BCUT2D eigenvalue weighted by Gasteiger charge is 2.37. The molecule has 8 heteroatoms. The van der Waals surface area contributed by atoms with E-state index in [1.807, 2.05) is 74.5 Å². The number of methoxy groups -OCH3 is 1. The largest absolute Gasteiger partial charge is 0.467 e. The fourth-order valence-corrected chi connectivity index (χ4v) is 4.36. The van der Waals surface area contributed by atoms with E-state index in [2.05, 4.69) is 10.6 Å². The van der Waals surface area contributed by atoms with E-state index in [0.717, 1.165) is 11.1 Å². The van der Waals surface area contributed by atoms with Crippen molar-refractivity contribution in [2.45, 2.75) is 57.7 Å². The molecule has 2 aromatic carbocycles. The molecule has 1 fully saturated rings. The molecule has 3 rings (SSSR count). The average molecular weight is 494 g/mol. The highest BCUT2D eigenvalue weighted by Crippen LogP contribution is 2.34. The molecular weight excluding hydrogens is 458 g/mol. The third-order valence-corrected chi connectivity index (χ3v) is 6.27. The van der Waals surface area contributed by atoms with Gasteiger partial charge < -0.3 is 20.3 Å². The number of amides is 3. The zero-order valence-corrected chi connectivity index (χ0v) is 21.1. The van der Waals surface area contributed by atoms with Gasteiger partial charge in [0.25, 0.3) is 0 Å². The van der Waals surface area contributed by atoms with Crippen LogP contribution in [0.2, 0.25) is 0 Å². The number of nitrogens with zero attached hydrogens (tertiary/aromatic N) is 1. The van der Waals surface area contributed by atoms with Crippen LogP contribution >= 0.6 is 0 Å². The quantitative estimate of drug-likeness (QED) is 0.350. The average Bonchev–Trinajstić information content (AvgIpc) is 2.86. The predicted molar refractivity (Wildman–Crippen MR) is 136 cm³/mol. The maximum Gasteiger partial charge on any atom is 0.328 e. The van der Waals surface area contributed by atoms with Gasteiger partial charge >= 0.3 is 5.97 Å². The fourth-order valence-electron chi connectivity index (χ4n) is 4.36. The molecule has 0 aromatic heterocycles. The summed E-state index contributed by atoms with van der Waals surface area (Å²) in [5.74, 6) is -1.15. The lowest BCUT2D eigenvalue weighted by Gasteiger charge is -2.40. The second kappa shape index (κ2) is 12.9. The number of esters is 1. The van der Waals surface area contributed by atoms with Gasteiger partial charge in [0.1, 0.15) is 12.1 Å². The number of carbonyl (C=O) groups is 4. The van der Waals surface area contributed by atoms with Crippen LogP contribution < -0.4 is 10.6 Å². The summed E-state index contributed by atoms with van der Waals surface area (Å²) >= 11 is 0. The van der Waals surface area contributed by atoms with Crippen LogP contribution in [0.1, 0.15) is 50.3 Å². The van der Waals surface area contributed by atoms with Crippen LogP contribution in [0, 0.1) is 5.92 Å². The van der Waals surface area contributed by atoms with E-state index in [1.54, 1.807) is 4.90 Å². The maximum atomic E-state index is 13.2. The van der Waals surface area contributed by atoms with Crippen LogP contribution in [-0.2, 0) is 30.3 Å². The molecule has 1 unspecified atom stereocenters.